The SMILES string of the molecule is CN1CCN(Nc2ncnc3c2cnn3C2CCNCC2)CC1. The average molecular weight is 316 g/mol. The largest absolute Gasteiger partial charge is 0.317 e. The van der Waals surface area contributed by atoms with Gasteiger partial charge in [-0.15, -0.1) is 0 Å². The molecule has 4 rings (SSSR count). The lowest BCUT2D eigenvalue weighted by molar-refractivity contribution is 0.178. The van der Waals surface area contributed by atoms with Crippen LogP contribution in [0.3, 0.4) is 0 Å². The van der Waals surface area contributed by atoms with Crippen molar-refractivity contribution in [3.05, 3.63) is 12.5 Å². The van der Waals surface area contributed by atoms with E-state index in [1.165, 1.54) is 0 Å². The molecule has 0 saturated carbocycles. The van der Waals surface area contributed by atoms with Gasteiger partial charge >= 0.3 is 0 Å². The molecule has 0 bridgehead atoms. The Bertz CT molecular complexity index is 655. The number of hydrogen-bond donors (Lipinski definition) is 2. The molecule has 124 valence electrons. The van der Waals surface area contributed by atoms with Crippen LogP contribution in [0.4, 0.5) is 5.82 Å². The molecule has 0 unspecified atom stereocenters. The van der Waals surface area contributed by atoms with E-state index < -0.39 is 0 Å². The van der Waals surface area contributed by atoms with Crippen molar-refractivity contribution in [2.75, 3.05) is 51.7 Å². The number of aromatic nitrogens is 4. The highest BCUT2D eigenvalue weighted by Gasteiger charge is 2.21. The second kappa shape index (κ2) is 6.38. The highest BCUT2D eigenvalue weighted by Crippen LogP contribution is 2.25. The van der Waals surface area contributed by atoms with Gasteiger partial charge in [0.1, 0.15) is 6.33 Å². The summed E-state index contributed by atoms with van der Waals surface area (Å²) in [6.45, 7) is 6.20. The molecule has 0 aromatic carbocycles. The van der Waals surface area contributed by atoms with Crippen LogP contribution in [0.1, 0.15) is 18.9 Å². The number of rotatable bonds is 3. The first kappa shape index (κ1) is 14.8. The zero-order valence-corrected chi connectivity index (χ0v) is 13.6. The summed E-state index contributed by atoms with van der Waals surface area (Å²) in [6, 6.07) is 0.431. The molecular weight excluding hydrogens is 292 g/mol. The summed E-state index contributed by atoms with van der Waals surface area (Å²) < 4.78 is 2.08. The van der Waals surface area contributed by atoms with Gasteiger partial charge in [0.15, 0.2) is 11.5 Å². The summed E-state index contributed by atoms with van der Waals surface area (Å²) in [5.74, 6) is 0.861. The third kappa shape index (κ3) is 3.01. The number of nitrogens with zero attached hydrogens (tertiary/aromatic N) is 6. The highest BCUT2D eigenvalue weighted by molar-refractivity contribution is 5.85. The van der Waals surface area contributed by atoms with Crippen LogP contribution in [0, 0.1) is 0 Å². The minimum absolute atomic E-state index is 0.431. The molecule has 2 fully saturated rings. The molecule has 0 radical (unpaired) electrons. The fourth-order valence-electron chi connectivity index (χ4n) is 3.34. The molecule has 2 N–H and O–H groups in total. The smallest absolute Gasteiger partial charge is 0.163 e. The summed E-state index contributed by atoms with van der Waals surface area (Å²) in [7, 11) is 2.16. The van der Waals surface area contributed by atoms with Crippen molar-refractivity contribution in [3.8, 4) is 0 Å². The van der Waals surface area contributed by atoms with E-state index in [4.69, 9.17) is 0 Å². The monoisotopic (exact) mass is 316 g/mol. The number of nitrogens with one attached hydrogen (secondary N) is 2. The Kier molecular flexibility index (Phi) is 4.11. The van der Waals surface area contributed by atoms with Gasteiger partial charge in [-0.25, -0.2) is 19.7 Å². The molecule has 0 atom stereocenters. The first-order chi connectivity index (χ1) is 11.3. The van der Waals surface area contributed by atoms with Crippen LogP contribution in [0.15, 0.2) is 12.5 Å². The Morgan fingerprint density at radius 1 is 1.13 bits per heavy atom. The summed E-state index contributed by atoms with van der Waals surface area (Å²) in [5, 5.41) is 11.2. The number of piperazine rings is 1. The van der Waals surface area contributed by atoms with Gasteiger partial charge in [-0.05, 0) is 33.0 Å². The Balaban J connectivity index is 1.57. The zero-order chi connectivity index (χ0) is 15.6. The van der Waals surface area contributed by atoms with Crippen molar-refractivity contribution in [1.82, 2.24) is 35.0 Å². The number of anilines is 1. The third-order valence-electron chi connectivity index (χ3n) is 4.81. The predicted molar refractivity (Wildman–Crippen MR) is 89.2 cm³/mol. The van der Waals surface area contributed by atoms with Gasteiger partial charge in [-0.1, -0.05) is 0 Å². The van der Waals surface area contributed by atoms with Crippen molar-refractivity contribution in [2.45, 2.75) is 18.9 Å². The molecule has 2 saturated heterocycles. The van der Waals surface area contributed by atoms with E-state index in [2.05, 4.69) is 47.4 Å². The summed E-state index contributed by atoms with van der Waals surface area (Å²) >= 11 is 0. The van der Waals surface area contributed by atoms with Crippen LogP contribution in [-0.2, 0) is 0 Å². The van der Waals surface area contributed by atoms with Crippen molar-refractivity contribution in [1.29, 1.82) is 0 Å². The molecule has 23 heavy (non-hydrogen) atoms. The van der Waals surface area contributed by atoms with Gasteiger partial charge in [-0.3, -0.25) is 0 Å². The van der Waals surface area contributed by atoms with E-state index in [0.717, 1.165) is 69.0 Å². The minimum Gasteiger partial charge on any atom is -0.317 e. The van der Waals surface area contributed by atoms with Crippen molar-refractivity contribution >= 4 is 16.9 Å². The van der Waals surface area contributed by atoms with Gasteiger partial charge < -0.3 is 15.6 Å². The standard InChI is InChI=1S/C15H24N8/c1-21-6-8-22(9-7-21)20-14-13-10-19-23(15(13)18-11-17-14)12-2-4-16-5-3-12/h10-12,16H,2-9H2,1H3,(H,17,18,20). The van der Waals surface area contributed by atoms with E-state index >= 15 is 0 Å². The number of hydrazine groups is 1. The first-order valence-corrected chi connectivity index (χ1v) is 8.40. The van der Waals surface area contributed by atoms with E-state index in [0.29, 0.717) is 6.04 Å². The normalized spacial score (nSPS) is 21.8. The van der Waals surface area contributed by atoms with E-state index in [1.54, 1.807) is 6.33 Å². The van der Waals surface area contributed by atoms with E-state index in [-0.39, 0.29) is 0 Å². The van der Waals surface area contributed by atoms with Crippen molar-refractivity contribution in [2.24, 2.45) is 0 Å². The summed E-state index contributed by atoms with van der Waals surface area (Å²) in [6.07, 6.45) is 5.74. The van der Waals surface area contributed by atoms with Crippen LogP contribution in [0.5, 0.6) is 0 Å². The third-order valence-corrected chi connectivity index (χ3v) is 4.81. The fraction of sp³-hybridized carbons (Fsp3) is 0.667. The highest BCUT2D eigenvalue weighted by atomic mass is 15.5. The summed E-state index contributed by atoms with van der Waals surface area (Å²) in [4.78, 5) is 11.3. The second-order valence-corrected chi connectivity index (χ2v) is 6.43. The molecule has 0 amide bonds. The van der Waals surface area contributed by atoms with Gasteiger partial charge in [0.05, 0.1) is 17.6 Å². The topological polar surface area (TPSA) is 74.1 Å². The van der Waals surface area contributed by atoms with Crippen LogP contribution in [-0.4, -0.2) is 76.0 Å². The van der Waals surface area contributed by atoms with Gasteiger partial charge in [-0.2, -0.15) is 5.10 Å². The van der Waals surface area contributed by atoms with Gasteiger partial charge in [0, 0.05) is 26.2 Å². The zero-order valence-electron chi connectivity index (χ0n) is 13.6. The maximum Gasteiger partial charge on any atom is 0.163 e. The van der Waals surface area contributed by atoms with Crippen LogP contribution < -0.4 is 10.7 Å². The quantitative estimate of drug-likeness (QED) is 0.845. The number of fused-ring (bicyclic) bond motifs is 1. The van der Waals surface area contributed by atoms with Crippen LogP contribution in [0.2, 0.25) is 0 Å². The lowest BCUT2D eigenvalue weighted by Crippen LogP contribution is -2.47. The molecular formula is C15H24N8. The Morgan fingerprint density at radius 3 is 2.70 bits per heavy atom. The average Bonchev–Trinajstić information content (AvgIpc) is 3.03. The Hall–Kier alpha value is -1.77. The predicted octanol–water partition coefficient (Wildman–Crippen LogP) is 0.325. The van der Waals surface area contributed by atoms with Crippen LogP contribution in [0.25, 0.3) is 11.0 Å². The van der Waals surface area contributed by atoms with E-state index in [1.807, 2.05) is 6.20 Å². The summed E-state index contributed by atoms with van der Waals surface area (Å²) in [5.41, 5.74) is 4.38. The first-order valence-electron chi connectivity index (χ1n) is 8.40. The fourth-order valence-corrected chi connectivity index (χ4v) is 3.34. The molecule has 8 nitrogen and oxygen atoms in total. The molecule has 2 aliphatic heterocycles. The molecule has 8 heteroatoms. The van der Waals surface area contributed by atoms with E-state index in [9.17, 15) is 0 Å². The van der Waals surface area contributed by atoms with Gasteiger partial charge in [0.2, 0.25) is 0 Å². The van der Waals surface area contributed by atoms with Gasteiger partial charge in [0.25, 0.3) is 0 Å². The Labute approximate surface area is 135 Å². The molecule has 4 heterocycles. The lowest BCUT2D eigenvalue weighted by atomic mass is 10.1. The molecule has 2 aromatic heterocycles. The minimum atomic E-state index is 0.431. The molecule has 2 aromatic rings. The van der Waals surface area contributed by atoms with Crippen molar-refractivity contribution in [3.63, 3.8) is 0 Å². The lowest BCUT2D eigenvalue weighted by Gasteiger charge is -2.32. The maximum atomic E-state index is 4.60. The second-order valence-electron chi connectivity index (χ2n) is 6.43. The Morgan fingerprint density at radius 2 is 1.91 bits per heavy atom. The number of hydrogen-bond acceptors (Lipinski definition) is 7. The van der Waals surface area contributed by atoms with Crippen molar-refractivity contribution < 1.29 is 0 Å². The molecule has 2 aliphatic rings. The molecule has 0 aliphatic carbocycles. The van der Waals surface area contributed by atoms with Crippen LogP contribution >= 0.6 is 0 Å². The maximum absolute atomic E-state index is 4.60. The molecule has 0 spiro atoms. The number of piperidine rings is 1. The number of likely N-dealkylation sites (N-methyl/N-ethyl adjacent to an activating group) is 1.